The summed E-state index contributed by atoms with van der Waals surface area (Å²) in [5.74, 6) is 0.475. The third kappa shape index (κ3) is 2.66. The molecule has 0 aliphatic carbocycles. The Kier molecular flexibility index (Phi) is 4.22. The van der Waals surface area contributed by atoms with E-state index in [0.29, 0.717) is 12.3 Å². The van der Waals surface area contributed by atoms with Gasteiger partial charge < -0.3 is 15.0 Å². The van der Waals surface area contributed by atoms with E-state index in [1.807, 2.05) is 6.92 Å². The van der Waals surface area contributed by atoms with Crippen molar-refractivity contribution < 1.29 is 14.3 Å². The fourth-order valence-corrected chi connectivity index (χ4v) is 2.81. The molecule has 2 saturated heterocycles. The van der Waals surface area contributed by atoms with Crippen LogP contribution in [0.1, 0.15) is 33.1 Å². The van der Waals surface area contributed by atoms with Crippen molar-refractivity contribution in [1.29, 1.82) is 0 Å². The normalized spacial score (nSPS) is 28.1. The molecule has 2 atom stereocenters. The number of carbonyl (C=O) groups excluding carboxylic acids is 2. The molecule has 2 heterocycles. The minimum atomic E-state index is -0.339. The summed E-state index contributed by atoms with van der Waals surface area (Å²) in [6, 6.07) is -0.213. The lowest BCUT2D eigenvalue weighted by molar-refractivity contribution is -0.148. The zero-order chi connectivity index (χ0) is 13.1. The second-order valence-electron chi connectivity index (χ2n) is 5.18. The number of piperazine rings is 1. The van der Waals surface area contributed by atoms with Crippen LogP contribution in [-0.2, 0) is 14.3 Å². The Bertz CT molecular complexity index is 326. The van der Waals surface area contributed by atoms with Gasteiger partial charge in [-0.2, -0.15) is 0 Å². The molecule has 0 bridgehead atoms. The summed E-state index contributed by atoms with van der Waals surface area (Å²) in [4.78, 5) is 25.7. The van der Waals surface area contributed by atoms with E-state index in [1.165, 1.54) is 0 Å². The molecule has 102 valence electrons. The average Bonchev–Trinajstić information content (AvgIpc) is 2.41. The van der Waals surface area contributed by atoms with Gasteiger partial charge in [-0.15, -0.1) is 0 Å². The quantitative estimate of drug-likeness (QED) is 0.799. The van der Waals surface area contributed by atoms with Gasteiger partial charge in [-0.25, -0.2) is 0 Å². The molecule has 0 spiro atoms. The van der Waals surface area contributed by atoms with E-state index in [9.17, 15) is 9.59 Å². The minimum Gasteiger partial charge on any atom is -0.381 e. The highest BCUT2D eigenvalue weighted by Crippen LogP contribution is 2.24. The van der Waals surface area contributed by atoms with Crippen molar-refractivity contribution in [3.8, 4) is 0 Å². The van der Waals surface area contributed by atoms with Crippen LogP contribution in [0.3, 0.4) is 0 Å². The second-order valence-corrected chi connectivity index (χ2v) is 5.18. The molecule has 2 aliphatic rings. The lowest BCUT2D eigenvalue weighted by atomic mass is 9.91. The SMILES string of the molecule is CCC1NC(=O)CN(C(C)C2CCOCC2)C1=O. The molecular formula is C13H22N2O3. The molecule has 18 heavy (non-hydrogen) atoms. The number of rotatable bonds is 3. The van der Waals surface area contributed by atoms with Gasteiger partial charge in [-0.05, 0) is 32.1 Å². The van der Waals surface area contributed by atoms with Gasteiger partial charge in [-0.1, -0.05) is 6.92 Å². The second kappa shape index (κ2) is 5.69. The molecule has 0 aromatic carbocycles. The Morgan fingerprint density at radius 1 is 1.39 bits per heavy atom. The molecule has 0 aromatic heterocycles. The summed E-state index contributed by atoms with van der Waals surface area (Å²) >= 11 is 0. The smallest absolute Gasteiger partial charge is 0.245 e. The van der Waals surface area contributed by atoms with Crippen LogP contribution in [0, 0.1) is 5.92 Å². The van der Waals surface area contributed by atoms with Crippen LogP contribution in [0.4, 0.5) is 0 Å². The number of nitrogens with zero attached hydrogens (tertiary/aromatic N) is 1. The van der Waals surface area contributed by atoms with E-state index in [4.69, 9.17) is 4.74 Å². The van der Waals surface area contributed by atoms with Crippen LogP contribution in [0.2, 0.25) is 0 Å². The average molecular weight is 254 g/mol. The van der Waals surface area contributed by atoms with Crippen molar-refractivity contribution in [1.82, 2.24) is 10.2 Å². The summed E-state index contributed by atoms with van der Waals surface area (Å²) in [5.41, 5.74) is 0. The maximum absolute atomic E-state index is 12.3. The first-order chi connectivity index (χ1) is 8.63. The van der Waals surface area contributed by atoms with Crippen LogP contribution < -0.4 is 5.32 Å². The largest absolute Gasteiger partial charge is 0.381 e. The number of hydrogen-bond donors (Lipinski definition) is 1. The molecule has 0 aromatic rings. The first-order valence-electron chi connectivity index (χ1n) is 6.81. The molecule has 2 unspecified atom stereocenters. The Morgan fingerprint density at radius 2 is 2.06 bits per heavy atom. The molecule has 5 nitrogen and oxygen atoms in total. The van der Waals surface area contributed by atoms with Crippen LogP contribution in [0.15, 0.2) is 0 Å². The number of ether oxygens (including phenoxy) is 1. The Hall–Kier alpha value is -1.10. The van der Waals surface area contributed by atoms with Crippen molar-refractivity contribution in [3.63, 3.8) is 0 Å². The van der Waals surface area contributed by atoms with Gasteiger partial charge in [0.15, 0.2) is 0 Å². The molecule has 2 fully saturated rings. The summed E-state index contributed by atoms with van der Waals surface area (Å²) in [6.07, 6.45) is 2.61. The van der Waals surface area contributed by atoms with Gasteiger partial charge >= 0.3 is 0 Å². The van der Waals surface area contributed by atoms with Crippen molar-refractivity contribution in [2.75, 3.05) is 19.8 Å². The molecule has 0 saturated carbocycles. The van der Waals surface area contributed by atoms with Crippen molar-refractivity contribution in [3.05, 3.63) is 0 Å². The van der Waals surface area contributed by atoms with Gasteiger partial charge in [-0.3, -0.25) is 9.59 Å². The van der Waals surface area contributed by atoms with E-state index in [-0.39, 0.29) is 30.4 Å². The van der Waals surface area contributed by atoms with E-state index in [0.717, 1.165) is 26.1 Å². The fourth-order valence-electron chi connectivity index (χ4n) is 2.81. The number of carbonyl (C=O) groups is 2. The van der Waals surface area contributed by atoms with Gasteiger partial charge in [0.1, 0.15) is 6.04 Å². The Labute approximate surface area is 108 Å². The van der Waals surface area contributed by atoms with Gasteiger partial charge in [0.25, 0.3) is 0 Å². The van der Waals surface area contributed by atoms with Crippen molar-refractivity contribution >= 4 is 11.8 Å². The fraction of sp³-hybridized carbons (Fsp3) is 0.846. The van der Waals surface area contributed by atoms with Crippen LogP contribution in [-0.4, -0.2) is 48.6 Å². The summed E-state index contributed by atoms with van der Waals surface area (Å²) in [5, 5.41) is 2.75. The molecule has 0 radical (unpaired) electrons. The van der Waals surface area contributed by atoms with E-state index in [1.54, 1.807) is 4.90 Å². The first kappa shape index (κ1) is 13.3. The first-order valence-corrected chi connectivity index (χ1v) is 6.81. The highest BCUT2D eigenvalue weighted by molar-refractivity contribution is 5.94. The van der Waals surface area contributed by atoms with Gasteiger partial charge in [0.2, 0.25) is 11.8 Å². The van der Waals surface area contributed by atoms with Crippen LogP contribution in [0.5, 0.6) is 0 Å². The highest BCUT2D eigenvalue weighted by Gasteiger charge is 2.36. The van der Waals surface area contributed by atoms with Crippen molar-refractivity contribution in [2.45, 2.75) is 45.2 Å². The third-order valence-corrected chi connectivity index (χ3v) is 4.08. The molecular weight excluding hydrogens is 232 g/mol. The molecule has 2 amide bonds. The standard InChI is InChI=1S/C13H22N2O3/c1-3-11-13(17)15(8-12(16)14-11)9(2)10-4-6-18-7-5-10/h9-11H,3-8H2,1-2H3,(H,14,16). The maximum Gasteiger partial charge on any atom is 0.245 e. The number of nitrogens with one attached hydrogen (secondary N) is 1. The summed E-state index contributed by atoms with van der Waals surface area (Å²) in [7, 11) is 0. The number of amides is 2. The van der Waals surface area contributed by atoms with E-state index < -0.39 is 0 Å². The summed E-state index contributed by atoms with van der Waals surface area (Å²) < 4.78 is 5.34. The van der Waals surface area contributed by atoms with Crippen LogP contribution in [0.25, 0.3) is 0 Å². The molecule has 2 aliphatic heterocycles. The molecule has 2 rings (SSSR count). The predicted octanol–water partition coefficient (Wildman–Crippen LogP) is 0.538. The van der Waals surface area contributed by atoms with Gasteiger partial charge in [0, 0.05) is 19.3 Å². The lowest BCUT2D eigenvalue weighted by Gasteiger charge is -2.40. The summed E-state index contributed by atoms with van der Waals surface area (Å²) in [6.45, 7) is 5.71. The van der Waals surface area contributed by atoms with E-state index in [2.05, 4.69) is 12.2 Å². The zero-order valence-corrected chi connectivity index (χ0v) is 11.1. The zero-order valence-electron chi connectivity index (χ0n) is 11.1. The Balaban J connectivity index is 2.05. The third-order valence-electron chi connectivity index (χ3n) is 4.08. The number of hydrogen-bond acceptors (Lipinski definition) is 3. The van der Waals surface area contributed by atoms with Crippen molar-refractivity contribution in [2.24, 2.45) is 5.92 Å². The molecule has 1 N–H and O–H groups in total. The lowest BCUT2D eigenvalue weighted by Crippen LogP contribution is -2.61. The highest BCUT2D eigenvalue weighted by atomic mass is 16.5. The monoisotopic (exact) mass is 254 g/mol. The topological polar surface area (TPSA) is 58.6 Å². The maximum atomic E-state index is 12.3. The predicted molar refractivity (Wildman–Crippen MR) is 66.9 cm³/mol. The Morgan fingerprint density at radius 3 is 2.67 bits per heavy atom. The van der Waals surface area contributed by atoms with E-state index >= 15 is 0 Å². The minimum absolute atomic E-state index is 0.0413. The van der Waals surface area contributed by atoms with Gasteiger partial charge in [0.05, 0.1) is 6.54 Å². The molecule has 5 heteroatoms. The van der Waals surface area contributed by atoms with Crippen LogP contribution >= 0.6 is 0 Å².